The first kappa shape index (κ1) is 18.1. The van der Waals surface area contributed by atoms with Crippen LogP contribution >= 0.6 is 0 Å². The lowest BCUT2D eigenvalue weighted by molar-refractivity contribution is 0.0747. The minimum atomic E-state index is -3.65. The number of hydrogen-bond donors (Lipinski definition) is 1. The molecule has 0 bridgehead atoms. The number of amides is 1. The highest BCUT2D eigenvalue weighted by molar-refractivity contribution is 7.89. The van der Waals surface area contributed by atoms with Crippen LogP contribution in [0.2, 0.25) is 0 Å². The van der Waals surface area contributed by atoms with Crippen molar-refractivity contribution in [2.75, 3.05) is 19.6 Å². The Bertz CT molecular complexity index is 767. The van der Waals surface area contributed by atoms with E-state index in [4.69, 9.17) is 0 Å². The second kappa shape index (κ2) is 7.27. The summed E-state index contributed by atoms with van der Waals surface area (Å²) in [7, 11) is -3.65. The number of aliphatic hydroxyl groups is 1. The molecular formula is C18H24N2O4S. The SMILES string of the molecule is CC[C@H]1C=CCN1C(=O)c1cccc(S(=O)(=O)N2CCC(O)CC2)c1. The molecule has 0 saturated carbocycles. The molecule has 0 unspecified atom stereocenters. The van der Waals surface area contributed by atoms with Gasteiger partial charge in [0.2, 0.25) is 10.0 Å². The molecule has 0 aliphatic carbocycles. The maximum Gasteiger partial charge on any atom is 0.254 e. The van der Waals surface area contributed by atoms with Gasteiger partial charge < -0.3 is 10.0 Å². The zero-order valence-electron chi connectivity index (χ0n) is 14.3. The second-order valence-electron chi connectivity index (χ2n) is 6.52. The summed E-state index contributed by atoms with van der Waals surface area (Å²) in [6, 6.07) is 6.33. The minimum absolute atomic E-state index is 0.0661. The molecule has 1 amide bonds. The van der Waals surface area contributed by atoms with Gasteiger partial charge >= 0.3 is 0 Å². The summed E-state index contributed by atoms with van der Waals surface area (Å²) in [5.74, 6) is -0.150. The molecule has 136 valence electrons. The normalized spacial score (nSPS) is 22.5. The molecule has 2 aliphatic rings. The van der Waals surface area contributed by atoms with Crippen molar-refractivity contribution in [2.24, 2.45) is 0 Å². The maximum absolute atomic E-state index is 12.8. The third kappa shape index (κ3) is 3.63. The number of benzene rings is 1. The highest BCUT2D eigenvalue weighted by Gasteiger charge is 2.30. The molecule has 3 rings (SSSR count). The number of carbonyl (C=O) groups excluding carboxylic acids is 1. The van der Waals surface area contributed by atoms with Crippen LogP contribution in [0.5, 0.6) is 0 Å². The predicted octanol–water partition coefficient (Wildman–Crippen LogP) is 1.62. The van der Waals surface area contributed by atoms with Crippen molar-refractivity contribution in [2.45, 2.75) is 43.2 Å². The van der Waals surface area contributed by atoms with E-state index in [9.17, 15) is 18.3 Å². The van der Waals surface area contributed by atoms with Gasteiger partial charge in [0.15, 0.2) is 0 Å². The van der Waals surface area contributed by atoms with Gasteiger partial charge in [0.1, 0.15) is 0 Å². The number of carbonyl (C=O) groups is 1. The molecule has 1 N–H and O–H groups in total. The van der Waals surface area contributed by atoms with E-state index in [1.165, 1.54) is 16.4 Å². The van der Waals surface area contributed by atoms with E-state index in [2.05, 4.69) is 0 Å². The topological polar surface area (TPSA) is 77.9 Å². The number of hydrogen-bond acceptors (Lipinski definition) is 4. The highest BCUT2D eigenvalue weighted by Crippen LogP contribution is 2.23. The lowest BCUT2D eigenvalue weighted by Crippen LogP contribution is -2.40. The standard InChI is InChI=1S/C18H24N2O4S/c1-2-15-6-4-10-20(15)18(22)14-5-3-7-17(13-14)25(23,24)19-11-8-16(21)9-12-19/h3-7,13,15-16,21H,2,8-12H2,1H3/t15-/m0/s1. The lowest BCUT2D eigenvalue weighted by Gasteiger charge is -2.29. The van der Waals surface area contributed by atoms with Crippen LogP contribution in [-0.4, -0.2) is 60.4 Å². The Morgan fingerprint density at radius 3 is 2.68 bits per heavy atom. The van der Waals surface area contributed by atoms with E-state index in [1.54, 1.807) is 17.0 Å². The Labute approximate surface area is 148 Å². The summed E-state index contributed by atoms with van der Waals surface area (Å²) in [5.41, 5.74) is 0.389. The van der Waals surface area contributed by atoms with Crippen LogP contribution in [0, 0.1) is 0 Å². The van der Waals surface area contributed by atoms with Gasteiger partial charge in [-0.15, -0.1) is 0 Å². The first-order chi connectivity index (χ1) is 11.9. The van der Waals surface area contributed by atoms with Crippen molar-refractivity contribution in [1.82, 2.24) is 9.21 Å². The molecule has 1 aromatic carbocycles. The molecule has 1 aromatic rings. The van der Waals surface area contributed by atoms with Gasteiger partial charge in [-0.3, -0.25) is 4.79 Å². The van der Waals surface area contributed by atoms with Crippen molar-refractivity contribution in [3.63, 3.8) is 0 Å². The maximum atomic E-state index is 12.8. The average Bonchev–Trinajstić information content (AvgIpc) is 3.10. The Kier molecular flexibility index (Phi) is 5.27. The molecular weight excluding hydrogens is 340 g/mol. The molecule has 6 nitrogen and oxygen atoms in total. The summed E-state index contributed by atoms with van der Waals surface area (Å²) in [6.07, 6.45) is 5.25. The molecule has 7 heteroatoms. The second-order valence-corrected chi connectivity index (χ2v) is 8.46. The van der Waals surface area contributed by atoms with Crippen molar-refractivity contribution in [3.8, 4) is 0 Å². The van der Waals surface area contributed by atoms with Gasteiger partial charge in [-0.05, 0) is 37.5 Å². The van der Waals surface area contributed by atoms with Gasteiger partial charge in [0, 0.05) is 25.2 Å². The smallest absolute Gasteiger partial charge is 0.254 e. The number of aliphatic hydroxyl groups excluding tert-OH is 1. The molecule has 1 atom stereocenters. The van der Waals surface area contributed by atoms with E-state index in [1.807, 2.05) is 19.1 Å². The third-order valence-corrected chi connectivity index (χ3v) is 6.78. The summed E-state index contributed by atoms with van der Waals surface area (Å²) < 4.78 is 27.0. The van der Waals surface area contributed by atoms with Gasteiger partial charge in [-0.2, -0.15) is 4.31 Å². The van der Waals surface area contributed by atoms with E-state index in [0.717, 1.165) is 6.42 Å². The van der Waals surface area contributed by atoms with Crippen LogP contribution in [0.4, 0.5) is 0 Å². The summed E-state index contributed by atoms with van der Waals surface area (Å²) in [4.78, 5) is 14.6. The number of sulfonamides is 1. The van der Waals surface area contributed by atoms with Crippen molar-refractivity contribution in [3.05, 3.63) is 42.0 Å². The van der Waals surface area contributed by atoms with Crippen molar-refractivity contribution < 1.29 is 18.3 Å². The Hall–Kier alpha value is -1.70. The summed E-state index contributed by atoms with van der Waals surface area (Å²) >= 11 is 0. The van der Waals surface area contributed by atoms with Gasteiger partial charge in [-0.25, -0.2) is 8.42 Å². The molecule has 0 radical (unpaired) electrons. The first-order valence-corrected chi connectivity index (χ1v) is 10.1. The minimum Gasteiger partial charge on any atom is -0.393 e. The quantitative estimate of drug-likeness (QED) is 0.824. The van der Waals surface area contributed by atoms with E-state index in [0.29, 0.717) is 38.0 Å². The predicted molar refractivity (Wildman–Crippen MR) is 94.7 cm³/mol. The molecule has 2 aliphatic heterocycles. The Balaban J connectivity index is 1.83. The van der Waals surface area contributed by atoms with Crippen molar-refractivity contribution in [1.29, 1.82) is 0 Å². The fourth-order valence-corrected chi connectivity index (χ4v) is 4.86. The Morgan fingerprint density at radius 1 is 1.28 bits per heavy atom. The van der Waals surface area contributed by atoms with Crippen LogP contribution in [0.15, 0.2) is 41.3 Å². The van der Waals surface area contributed by atoms with Crippen molar-refractivity contribution >= 4 is 15.9 Å². The van der Waals surface area contributed by atoms with Gasteiger partial charge in [-0.1, -0.05) is 25.1 Å². The van der Waals surface area contributed by atoms with E-state index >= 15 is 0 Å². The number of rotatable bonds is 4. The molecule has 1 fully saturated rings. The molecule has 1 saturated heterocycles. The largest absolute Gasteiger partial charge is 0.393 e. The van der Waals surface area contributed by atoms with Gasteiger partial charge in [0.25, 0.3) is 5.91 Å². The van der Waals surface area contributed by atoms with E-state index in [-0.39, 0.29) is 16.8 Å². The van der Waals surface area contributed by atoms with E-state index < -0.39 is 16.1 Å². The van der Waals surface area contributed by atoms with Crippen LogP contribution in [0.25, 0.3) is 0 Å². The lowest BCUT2D eigenvalue weighted by atomic mass is 10.1. The first-order valence-electron chi connectivity index (χ1n) is 8.69. The highest BCUT2D eigenvalue weighted by atomic mass is 32.2. The molecule has 0 aromatic heterocycles. The van der Waals surface area contributed by atoms with Gasteiger partial charge in [0.05, 0.1) is 17.0 Å². The fourth-order valence-electron chi connectivity index (χ4n) is 3.35. The fraction of sp³-hybridized carbons (Fsp3) is 0.500. The van der Waals surface area contributed by atoms with Crippen LogP contribution in [0.3, 0.4) is 0 Å². The average molecular weight is 364 g/mol. The van der Waals surface area contributed by atoms with Crippen LogP contribution in [0.1, 0.15) is 36.5 Å². The molecule has 2 heterocycles. The van der Waals surface area contributed by atoms with Crippen LogP contribution in [-0.2, 0) is 10.0 Å². The molecule has 25 heavy (non-hydrogen) atoms. The molecule has 0 spiro atoms. The Morgan fingerprint density at radius 2 is 2.00 bits per heavy atom. The summed E-state index contributed by atoms with van der Waals surface area (Å²) in [6.45, 7) is 3.18. The monoisotopic (exact) mass is 364 g/mol. The third-order valence-electron chi connectivity index (χ3n) is 4.88. The van der Waals surface area contributed by atoms with Crippen LogP contribution < -0.4 is 0 Å². The zero-order chi connectivity index (χ0) is 18.0. The zero-order valence-corrected chi connectivity index (χ0v) is 15.2. The number of piperidine rings is 1. The summed E-state index contributed by atoms with van der Waals surface area (Å²) in [5, 5.41) is 9.57. The number of nitrogens with zero attached hydrogens (tertiary/aromatic N) is 2.